The van der Waals surface area contributed by atoms with Gasteiger partial charge in [0.25, 0.3) is 0 Å². The molecule has 0 spiro atoms. The summed E-state index contributed by atoms with van der Waals surface area (Å²) in [5.74, 6) is 0. The Bertz CT molecular complexity index is 299. The third kappa shape index (κ3) is 3.37. The van der Waals surface area contributed by atoms with Gasteiger partial charge in [0, 0.05) is 10.6 Å². The summed E-state index contributed by atoms with van der Waals surface area (Å²) in [5.41, 5.74) is 8.05. The fraction of sp³-hybridized carbons (Fsp3) is 0.455. The van der Waals surface area contributed by atoms with Crippen molar-refractivity contribution in [1.82, 2.24) is 0 Å². The summed E-state index contributed by atoms with van der Waals surface area (Å²) in [4.78, 5) is 0. The Morgan fingerprint density at radius 2 is 2.00 bits per heavy atom. The summed E-state index contributed by atoms with van der Waals surface area (Å²) >= 11 is 6.00. The van der Waals surface area contributed by atoms with E-state index in [4.69, 9.17) is 17.3 Å². The highest BCUT2D eigenvalue weighted by Gasteiger charge is 2.11. The SMILES string of the molecule is Cc1ccc(CC(C)(C)N)cc1Cl. The Kier molecular flexibility index (Phi) is 2.99. The maximum Gasteiger partial charge on any atom is 0.0437 e. The van der Waals surface area contributed by atoms with Crippen LogP contribution in [0, 0.1) is 6.92 Å². The van der Waals surface area contributed by atoms with Crippen molar-refractivity contribution in [2.24, 2.45) is 5.73 Å². The van der Waals surface area contributed by atoms with E-state index in [-0.39, 0.29) is 5.54 Å². The highest BCUT2D eigenvalue weighted by atomic mass is 35.5. The molecule has 0 heterocycles. The molecule has 0 aliphatic rings. The molecule has 13 heavy (non-hydrogen) atoms. The van der Waals surface area contributed by atoms with Crippen LogP contribution in [0.5, 0.6) is 0 Å². The molecule has 0 aliphatic carbocycles. The fourth-order valence-corrected chi connectivity index (χ4v) is 1.48. The van der Waals surface area contributed by atoms with Gasteiger partial charge in [0.05, 0.1) is 0 Å². The van der Waals surface area contributed by atoms with E-state index >= 15 is 0 Å². The molecule has 0 saturated heterocycles. The van der Waals surface area contributed by atoms with Gasteiger partial charge in [-0.3, -0.25) is 0 Å². The number of nitrogens with two attached hydrogens (primary N) is 1. The van der Waals surface area contributed by atoms with Gasteiger partial charge in [-0.25, -0.2) is 0 Å². The minimum absolute atomic E-state index is 0.168. The summed E-state index contributed by atoms with van der Waals surface area (Å²) in [6, 6.07) is 6.10. The van der Waals surface area contributed by atoms with E-state index in [0.717, 1.165) is 17.0 Å². The molecule has 1 aromatic rings. The van der Waals surface area contributed by atoms with Crippen LogP contribution in [0.4, 0.5) is 0 Å². The van der Waals surface area contributed by atoms with Crippen LogP contribution in [0.1, 0.15) is 25.0 Å². The minimum Gasteiger partial charge on any atom is -0.325 e. The van der Waals surface area contributed by atoms with Crippen molar-refractivity contribution in [2.75, 3.05) is 0 Å². The van der Waals surface area contributed by atoms with Crippen molar-refractivity contribution in [3.05, 3.63) is 34.3 Å². The zero-order chi connectivity index (χ0) is 10.1. The van der Waals surface area contributed by atoms with E-state index in [1.165, 1.54) is 5.56 Å². The standard InChI is InChI=1S/C11H16ClN/c1-8-4-5-9(6-10(8)12)7-11(2,3)13/h4-6H,7,13H2,1-3H3. The second-order valence-electron chi connectivity index (χ2n) is 4.25. The van der Waals surface area contributed by atoms with Crippen molar-refractivity contribution < 1.29 is 0 Å². The predicted octanol–water partition coefficient (Wildman–Crippen LogP) is 2.93. The average molecular weight is 198 g/mol. The van der Waals surface area contributed by atoms with Crippen LogP contribution in [0.25, 0.3) is 0 Å². The van der Waals surface area contributed by atoms with Crippen molar-refractivity contribution in [3.63, 3.8) is 0 Å². The quantitative estimate of drug-likeness (QED) is 0.775. The molecule has 0 fully saturated rings. The minimum atomic E-state index is -0.168. The van der Waals surface area contributed by atoms with E-state index in [9.17, 15) is 0 Å². The van der Waals surface area contributed by atoms with Crippen LogP contribution in [0.2, 0.25) is 5.02 Å². The number of hydrogen-bond donors (Lipinski definition) is 1. The normalized spacial score (nSPS) is 11.8. The van der Waals surface area contributed by atoms with Crippen molar-refractivity contribution in [3.8, 4) is 0 Å². The van der Waals surface area contributed by atoms with E-state index in [1.54, 1.807) is 0 Å². The van der Waals surface area contributed by atoms with Crippen molar-refractivity contribution in [1.29, 1.82) is 0 Å². The van der Waals surface area contributed by atoms with Gasteiger partial charge in [0.15, 0.2) is 0 Å². The summed E-state index contributed by atoms with van der Waals surface area (Å²) in [6.45, 7) is 6.03. The first-order valence-electron chi connectivity index (χ1n) is 4.42. The molecule has 2 N–H and O–H groups in total. The highest BCUT2D eigenvalue weighted by molar-refractivity contribution is 6.31. The monoisotopic (exact) mass is 197 g/mol. The molecule has 0 aliphatic heterocycles. The Labute approximate surface area is 84.9 Å². The van der Waals surface area contributed by atoms with Crippen LogP contribution in [0.15, 0.2) is 18.2 Å². The van der Waals surface area contributed by atoms with Crippen LogP contribution < -0.4 is 5.73 Å². The van der Waals surface area contributed by atoms with E-state index in [1.807, 2.05) is 32.9 Å². The maximum absolute atomic E-state index is 6.00. The molecular weight excluding hydrogens is 182 g/mol. The third-order valence-electron chi connectivity index (χ3n) is 1.90. The average Bonchev–Trinajstić information content (AvgIpc) is 1.94. The molecule has 0 radical (unpaired) electrons. The molecule has 0 saturated carbocycles. The van der Waals surface area contributed by atoms with Gasteiger partial charge < -0.3 is 5.73 Å². The first kappa shape index (κ1) is 10.6. The Morgan fingerprint density at radius 1 is 1.38 bits per heavy atom. The van der Waals surface area contributed by atoms with E-state index < -0.39 is 0 Å². The summed E-state index contributed by atoms with van der Waals surface area (Å²) < 4.78 is 0. The molecule has 0 unspecified atom stereocenters. The van der Waals surface area contributed by atoms with Gasteiger partial charge in [-0.2, -0.15) is 0 Å². The molecule has 1 aromatic carbocycles. The topological polar surface area (TPSA) is 26.0 Å². The lowest BCUT2D eigenvalue weighted by molar-refractivity contribution is 0.517. The second-order valence-corrected chi connectivity index (χ2v) is 4.66. The molecule has 72 valence electrons. The molecule has 2 heteroatoms. The lowest BCUT2D eigenvalue weighted by Crippen LogP contribution is -2.34. The third-order valence-corrected chi connectivity index (χ3v) is 2.30. The smallest absolute Gasteiger partial charge is 0.0437 e. The summed E-state index contributed by atoms with van der Waals surface area (Å²) in [7, 11) is 0. The van der Waals surface area contributed by atoms with Gasteiger partial charge in [0.2, 0.25) is 0 Å². The molecular formula is C11H16ClN. The molecule has 0 atom stereocenters. The zero-order valence-corrected chi connectivity index (χ0v) is 9.15. The number of halogens is 1. The van der Waals surface area contributed by atoms with Gasteiger partial charge in [-0.05, 0) is 44.4 Å². The number of hydrogen-bond acceptors (Lipinski definition) is 1. The van der Waals surface area contributed by atoms with Crippen LogP contribution in [0.3, 0.4) is 0 Å². The Balaban J connectivity index is 2.86. The fourth-order valence-electron chi connectivity index (χ4n) is 1.27. The summed E-state index contributed by atoms with van der Waals surface area (Å²) in [5, 5.41) is 0.821. The molecule has 1 rings (SSSR count). The lowest BCUT2D eigenvalue weighted by atomic mass is 9.96. The van der Waals surface area contributed by atoms with Crippen LogP contribution in [-0.4, -0.2) is 5.54 Å². The Morgan fingerprint density at radius 3 is 2.46 bits per heavy atom. The van der Waals surface area contributed by atoms with E-state index in [0.29, 0.717) is 0 Å². The number of rotatable bonds is 2. The largest absolute Gasteiger partial charge is 0.325 e. The lowest BCUT2D eigenvalue weighted by Gasteiger charge is -2.18. The molecule has 0 bridgehead atoms. The van der Waals surface area contributed by atoms with Gasteiger partial charge in [-0.1, -0.05) is 23.7 Å². The second kappa shape index (κ2) is 3.69. The van der Waals surface area contributed by atoms with Crippen LogP contribution >= 0.6 is 11.6 Å². The van der Waals surface area contributed by atoms with Gasteiger partial charge in [-0.15, -0.1) is 0 Å². The number of benzene rings is 1. The van der Waals surface area contributed by atoms with Crippen molar-refractivity contribution >= 4 is 11.6 Å². The first-order chi connectivity index (χ1) is 5.88. The predicted molar refractivity (Wildman–Crippen MR) is 58.2 cm³/mol. The van der Waals surface area contributed by atoms with Gasteiger partial charge in [0.1, 0.15) is 0 Å². The van der Waals surface area contributed by atoms with Crippen molar-refractivity contribution in [2.45, 2.75) is 32.7 Å². The van der Waals surface area contributed by atoms with Crippen LogP contribution in [-0.2, 0) is 6.42 Å². The molecule has 1 nitrogen and oxygen atoms in total. The molecule has 0 amide bonds. The highest BCUT2D eigenvalue weighted by Crippen LogP contribution is 2.19. The van der Waals surface area contributed by atoms with E-state index in [2.05, 4.69) is 6.07 Å². The maximum atomic E-state index is 6.00. The zero-order valence-electron chi connectivity index (χ0n) is 8.39. The molecule has 0 aromatic heterocycles. The first-order valence-corrected chi connectivity index (χ1v) is 4.80. The van der Waals surface area contributed by atoms with Gasteiger partial charge >= 0.3 is 0 Å². The Hall–Kier alpha value is -0.530. The number of aryl methyl sites for hydroxylation is 1. The summed E-state index contributed by atoms with van der Waals surface area (Å²) in [6.07, 6.45) is 0.854.